The number of hydrogen-bond donors (Lipinski definition) is 4. The summed E-state index contributed by atoms with van der Waals surface area (Å²) in [6, 6.07) is 0. The number of carbonyl (C=O) groups excluding carboxylic acids is 2. The van der Waals surface area contributed by atoms with Gasteiger partial charge in [-0.1, -0.05) is 71.4 Å². The number of ketones is 2. The molecule has 0 saturated carbocycles. The molecule has 2 unspecified atom stereocenters. The van der Waals surface area contributed by atoms with E-state index in [0.717, 1.165) is 38.5 Å². The third-order valence-electron chi connectivity index (χ3n) is 5.35. The first kappa shape index (κ1) is 31.1. The summed E-state index contributed by atoms with van der Waals surface area (Å²) in [5.74, 6) is -2.43. The molecule has 0 radical (unpaired) electrons. The largest absolute Gasteiger partial charge is 0.469 e. The van der Waals surface area contributed by atoms with Gasteiger partial charge in [-0.15, -0.1) is 0 Å². The van der Waals surface area contributed by atoms with E-state index in [1.54, 1.807) is 0 Å². The lowest BCUT2D eigenvalue weighted by Crippen LogP contribution is -2.57. The zero-order valence-electron chi connectivity index (χ0n) is 19.9. The van der Waals surface area contributed by atoms with E-state index in [2.05, 4.69) is 23.6 Å². The van der Waals surface area contributed by atoms with Crippen LogP contribution in [0.5, 0.6) is 0 Å². The van der Waals surface area contributed by atoms with E-state index in [0.29, 0.717) is 6.42 Å². The first-order valence-electron chi connectivity index (χ1n) is 11.8. The normalized spacial score (nSPS) is 15.2. The summed E-state index contributed by atoms with van der Waals surface area (Å²) in [4.78, 5) is 42.3. The van der Waals surface area contributed by atoms with Gasteiger partial charge in [-0.25, -0.2) is 4.57 Å². The molecule has 0 aromatic rings. The fourth-order valence-electron chi connectivity index (χ4n) is 3.39. The van der Waals surface area contributed by atoms with Gasteiger partial charge in [-0.2, -0.15) is 0 Å². The van der Waals surface area contributed by atoms with E-state index >= 15 is 0 Å². The van der Waals surface area contributed by atoms with Gasteiger partial charge in [-0.05, 0) is 32.1 Å². The van der Waals surface area contributed by atoms with Crippen LogP contribution in [0.25, 0.3) is 0 Å². The number of Topliss-reactive ketones (excluding diaryl/α,β-unsaturated/α-hetero) is 2. The Bertz CT molecular complexity index is 613. The molecule has 8 nitrogen and oxygen atoms in total. The van der Waals surface area contributed by atoms with Crippen LogP contribution in [0.1, 0.15) is 97.8 Å². The highest BCUT2D eigenvalue weighted by Crippen LogP contribution is 2.38. The van der Waals surface area contributed by atoms with Crippen molar-refractivity contribution in [2.75, 3.05) is 6.61 Å². The number of phosphoric acid groups is 1. The fraction of sp³-hybridized carbons (Fsp3) is 0.826. The average Bonchev–Trinajstić information content (AvgIpc) is 2.73. The highest BCUT2D eigenvalue weighted by molar-refractivity contribution is 7.46. The van der Waals surface area contributed by atoms with Crippen molar-refractivity contribution in [1.29, 1.82) is 0 Å². The lowest BCUT2D eigenvalue weighted by molar-refractivity contribution is -0.167. The summed E-state index contributed by atoms with van der Waals surface area (Å²) < 4.78 is 15.2. The third-order valence-corrected chi connectivity index (χ3v) is 5.81. The molecule has 2 atom stereocenters. The van der Waals surface area contributed by atoms with E-state index in [1.165, 1.54) is 39.5 Å². The van der Waals surface area contributed by atoms with Gasteiger partial charge >= 0.3 is 7.82 Å². The first-order chi connectivity index (χ1) is 15.0. The predicted octanol–water partition coefficient (Wildman–Crippen LogP) is 4.24. The molecule has 188 valence electrons. The molecule has 0 rings (SSSR count). The molecule has 0 aromatic heterocycles. The Balaban J connectivity index is 4.29. The number of aliphatic hydroxyl groups is 2. The van der Waals surface area contributed by atoms with Crippen molar-refractivity contribution in [3.05, 3.63) is 12.2 Å². The van der Waals surface area contributed by atoms with Crippen molar-refractivity contribution in [2.45, 2.75) is 110 Å². The van der Waals surface area contributed by atoms with Crippen molar-refractivity contribution in [3.63, 3.8) is 0 Å². The van der Waals surface area contributed by atoms with Gasteiger partial charge < -0.3 is 20.0 Å². The van der Waals surface area contributed by atoms with Gasteiger partial charge in [0.25, 0.3) is 0 Å². The molecule has 0 saturated heterocycles. The first-order valence-corrected chi connectivity index (χ1v) is 13.3. The van der Waals surface area contributed by atoms with E-state index in [-0.39, 0.29) is 6.42 Å². The van der Waals surface area contributed by atoms with Gasteiger partial charge in [0.15, 0.2) is 23.3 Å². The minimum atomic E-state index is -4.99. The van der Waals surface area contributed by atoms with Crippen molar-refractivity contribution in [1.82, 2.24) is 0 Å². The van der Waals surface area contributed by atoms with Crippen LogP contribution in [0, 0.1) is 5.92 Å². The fourth-order valence-corrected chi connectivity index (χ4v) is 3.75. The van der Waals surface area contributed by atoms with Crippen LogP contribution in [0.2, 0.25) is 0 Å². The van der Waals surface area contributed by atoms with E-state index in [9.17, 15) is 24.4 Å². The summed E-state index contributed by atoms with van der Waals surface area (Å²) in [7, 11) is -4.99. The van der Waals surface area contributed by atoms with Gasteiger partial charge in [0.05, 0.1) is 6.61 Å². The summed E-state index contributed by atoms with van der Waals surface area (Å²) in [5, 5.41) is 20.8. The van der Waals surface area contributed by atoms with Crippen molar-refractivity contribution < 1.29 is 38.7 Å². The van der Waals surface area contributed by atoms with Gasteiger partial charge in [0.1, 0.15) is 0 Å². The molecule has 0 aliphatic carbocycles. The van der Waals surface area contributed by atoms with Crippen molar-refractivity contribution >= 4 is 19.4 Å². The second-order valence-corrected chi connectivity index (χ2v) is 9.94. The van der Waals surface area contributed by atoms with Crippen molar-refractivity contribution in [3.8, 4) is 0 Å². The van der Waals surface area contributed by atoms with Crippen LogP contribution in [0.15, 0.2) is 12.2 Å². The monoisotopic (exact) mass is 478 g/mol. The summed E-state index contributed by atoms with van der Waals surface area (Å²) in [6.45, 7) is 3.94. The van der Waals surface area contributed by atoms with Crippen LogP contribution in [0.4, 0.5) is 0 Å². The molecule has 4 N–H and O–H groups in total. The Morgan fingerprint density at radius 1 is 0.938 bits per heavy atom. The highest BCUT2D eigenvalue weighted by Gasteiger charge is 2.48. The average molecular weight is 479 g/mol. The lowest BCUT2D eigenvalue weighted by Gasteiger charge is -2.31. The minimum Gasteiger partial charge on any atom is -0.382 e. The smallest absolute Gasteiger partial charge is 0.382 e. The molecule has 0 heterocycles. The number of allylic oxidation sites excluding steroid dienone is 2. The Kier molecular flexibility index (Phi) is 16.2. The highest BCUT2D eigenvalue weighted by atomic mass is 31.2. The zero-order valence-corrected chi connectivity index (χ0v) is 20.8. The zero-order chi connectivity index (χ0) is 24.6. The lowest BCUT2D eigenvalue weighted by atomic mass is 9.83. The van der Waals surface area contributed by atoms with Gasteiger partial charge in [-0.3, -0.25) is 14.1 Å². The van der Waals surface area contributed by atoms with Crippen molar-refractivity contribution in [2.24, 2.45) is 5.92 Å². The standard InChI is InChI=1S/C23H43O8P/c1-4-5-6-7-8-9-10-11-12-13-14-15-16-17-20(24)22(26)23(27,21(25)19(2)3)18-31-32(28,29)30/h9-10,19,22,26-27H,4-8,11-18H2,1-3H3,(H2,28,29,30)/b10-9-. The summed E-state index contributed by atoms with van der Waals surface area (Å²) in [5.41, 5.74) is -2.70. The molecule has 0 fully saturated rings. The quantitative estimate of drug-likeness (QED) is 0.116. The number of unbranched alkanes of at least 4 members (excludes halogenated alkanes) is 9. The van der Waals surface area contributed by atoms with E-state index in [1.807, 2.05) is 0 Å². The third kappa shape index (κ3) is 13.6. The van der Waals surface area contributed by atoms with E-state index in [4.69, 9.17) is 9.79 Å². The second-order valence-electron chi connectivity index (χ2n) is 8.70. The number of hydrogen-bond acceptors (Lipinski definition) is 6. The maximum Gasteiger partial charge on any atom is 0.469 e. The van der Waals surface area contributed by atoms with Crippen LogP contribution < -0.4 is 0 Å². The minimum absolute atomic E-state index is 0.0393. The Labute approximate surface area is 192 Å². The molecule has 0 aliphatic heterocycles. The number of phosphoric ester groups is 1. The van der Waals surface area contributed by atoms with Crippen LogP contribution in [-0.4, -0.2) is 49.9 Å². The summed E-state index contributed by atoms with van der Waals surface area (Å²) in [6.07, 6.45) is 13.9. The van der Waals surface area contributed by atoms with Crippen LogP contribution in [0.3, 0.4) is 0 Å². The number of aliphatic hydroxyl groups excluding tert-OH is 1. The SMILES string of the molecule is CCCCCC/C=C\CCCCCCCC(=O)C(O)C(O)(COP(=O)(O)O)C(=O)C(C)C. The van der Waals surface area contributed by atoms with Gasteiger partial charge in [0, 0.05) is 12.3 Å². The Morgan fingerprint density at radius 3 is 1.94 bits per heavy atom. The van der Waals surface area contributed by atoms with Crippen LogP contribution >= 0.6 is 7.82 Å². The molecule has 0 aliphatic rings. The Morgan fingerprint density at radius 2 is 1.44 bits per heavy atom. The second kappa shape index (κ2) is 16.7. The van der Waals surface area contributed by atoms with Gasteiger partial charge in [0.2, 0.25) is 0 Å². The molecule has 9 heteroatoms. The Hall–Kier alpha value is -0.890. The summed E-state index contributed by atoms with van der Waals surface area (Å²) >= 11 is 0. The molecule has 32 heavy (non-hydrogen) atoms. The molecule has 0 aromatic carbocycles. The predicted molar refractivity (Wildman–Crippen MR) is 124 cm³/mol. The number of carbonyl (C=O) groups is 2. The molecular formula is C23H43O8P. The molecular weight excluding hydrogens is 435 g/mol. The molecule has 0 bridgehead atoms. The molecule has 0 amide bonds. The van der Waals surface area contributed by atoms with E-state index < -0.39 is 43.6 Å². The topological polar surface area (TPSA) is 141 Å². The molecule has 0 spiro atoms. The van der Waals surface area contributed by atoms with Crippen LogP contribution in [-0.2, 0) is 18.7 Å². The maximum absolute atomic E-state index is 12.3. The maximum atomic E-state index is 12.3. The number of rotatable bonds is 20.